The van der Waals surface area contributed by atoms with Crippen LogP contribution in [-0.4, -0.2) is 35.4 Å². The van der Waals surface area contributed by atoms with E-state index in [2.05, 4.69) is 51.1 Å². The van der Waals surface area contributed by atoms with E-state index in [9.17, 15) is 19.8 Å². The first-order valence-electron chi connectivity index (χ1n) is 13.4. The lowest BCUT2D eigenvalue weighted by molar-refractivity contribution is -0.167. The summed E-state index contributed by atoms with van der Waals surface area (Å²) in [7, 11) is 0. The van der Waals surface area contributed by atoms with Gasteiger partial charge in [-0.1, -0.05) is 56.7 Å². The van der Waals surface area contributed by atoms with E-state index in [1.807, 2.05) is 18.2 Å². The van der Waals surface area contributed by atoms with Crippen molar-refractivity contribution in [2.24, 2.45) is 0 Å². The van der Waals surface area contributed by atoms with E-state index < -0.39 is 17.7 Å². The molecule has 0 atom stereocenters. The lowest BCUT2D eigenvalue weighted by Gasteiger charge is -2.27. The Kier molecular flexibility index (Phi) is 8.38. The fraction of sp³-hybridized carbons (Fsp3) is 0.333. The van der Waals surface area contributed by atoms with Crippen LogP contribution in [0.25, 0.3) is 23.3 Å². The number of aromatic carboxylic acids is 2. The zero-order valence-electron chi connectivity index (χ0n) is 23.3. The van der Waals surface area contributed by atoms with Gasteiger partial charge in [0.1, 0.15) is 0 Å². The minimum Gasteiger partial charge on any atom is -0.478 e. The fourth-order valence-electron chi connectivity index (χ4n) is 5.51. The Morgan fingerprint density at radius 1 is 0.872 bits per heavy atom. The smallest absolute Gasteiger partial charge is 0.336 e. The van der Waals surface area contributed by atoms with Crippen molar-refractivity contribution in [3.05, 3.63) is 92.5 Å². The van der Waals surface area contributed by atoms with Crippen LogP contribution in [0.15, 0.2) is 42.5 Å². The van der Waals surface area contributed by atoms with E-state index in [0.29, 0.717) is 29.9 Å². The van der Waals surface area contributed by atoms with Crippen LogP contribution in [0.4, 0.5) is 0 Å². The first kappa shape index (κ1) is 28.3. The summed E-state index contributed by atoms with van der Waals surface area (Å²) >= 11 is 0. The molecule has 0 aliphatic carbocycles. The molecular weight excluding hydrogens is 492 g/mol. The number of ether oxygens (including phenoxy) is 2. The van der Waals surface area contributed by atoms with E-state index in [0.717, 1.165) is 41.5 Å². The molecule has 6 nitrogen and oxygen atoms in total. The Hall–Kier alpha value is -3.74. The number of carboxylic acid groups (broad SMARTS) is 2. The van der Waals surface area contributed by atoms with E-state index >= 15 is 0 Å². The molecule has 0 saturated carbocycles. The van der Waals surface area contributed by atoms with Crippen LogP contribution in [0.5, 0.6) is 0 Å². The van der Waals surface area contributed by atoms with Crippen LogP contribution < -0.4 is 0 Å². The van der Waals surface area contributed by atoms with Crippen molar-refractivity contribution in [2.45, 2.75) is 59.7 Å². The molecule has 6 heteroatoms. The van der Waals surface area contributed by atoms with Gasteiger partial charge in [-0.25, -0.2) is 9.59 Å². The highest BCUT2D eigenvalue weighted by molar-refractivity contribution is 6.04. The Labute approximate surface area is 229 Å². The SMILES string of the molecule is CCCc1cc(C2(CC)OCCO2)ccc1-c1cc(C=Cc2c(C)cc(C(=O)O)c(C(=O)O)c2C)ccc1C. The minimum atomic E-state index is -1.25. The second kappa shape index (κ2) is 11.6. The van der Waals surface area contributed by atoms with Gasteiger partial charge in [-0.05, 0) is 89.9 Å². The molecule has 4 rings (SSSR count). The van der Waals surface area contributed by atoms with Crippen LogP contribution in [0.3, 0.4) is 0 Å². The summed E-state index contributed by atoms with van der Waals surface area (Å²) in [4.78, 5) is 23.5. The average Bonchev–Trinajstić information content (AvgIpc) is 3.39. The van der Waals surface area contributed by atoms with Gasteiger partial charge in [0.2, 0.25) is 0 Å². The van der Waals surface area contributed by atoms with Gasteiger partial charge in [-0.2, -0.15) is 0 Å². The van der Waals surface area contributed by atoms with Crippen LogP contribution >= 0.6 is 0 Å². The maximum Gasteiger partial charge on any atom is 0.336 e. The van der Waals surface area contributed by atoms with Gasteiger partial charge in [-0.3, -0.25) is 0 Å². The van der Waals surface area contributed by atoms with Gasteiger partial charge in [-0.15, -0.1) is 0 Å². The van der Waals surface area contributed by atoms with Gasteiger partial charge >= 0.3 is 11.9 Å². The zero-order valence-corrected chi connectivity index (χ0v) is 23.3. The molecule has 204 valence electrons. The predicted octanol–water partition coefficient (Wildman–Crippen LogP) is 7.41. The van der Waals surface area contributed by atoms with Gasteiger partial charge < -0.3 is 19.7 Å². The first-order valence-corrected chi connectivity index (χ1v) is 13.4. The van der Waals surface area contributed by atoms with E-state index in [4.69, 9.17) is 9.47 Å². The van der Waals surface area contributed by atoms with Crippen LogP contribution in [0.1, 0.15) is 86.3 Å². The summed E-state index contributed by atoms with van der Waals surface area (Å²) in [6, 6.07) is 14.2. The summed E-state index contributed by atoms with van der Waals surface area (Å²) in [5.41, 5.74) is 8.19. The average molecular weight is 529 g/mol. The second-order valence-corrected chi connectivity index (χ2v) is 10.1. The highest BCUT2D eigenvalue weighted by Crippen LogP contribution is 2.38. The normalized spacial score (nSPS) is 14.7. The van der Waals surface area contributed by atoms with Crippen LogP contribution in [-0.2, 0) is 21.7 Å². The number of hydrogen-bond acceptors (Lipinski definition) is 4. The molecule has 1 saturated heterocycles. The highest BCUT2D eigenvalue weighted by Gasteiger charge is 2.37. The number of hydrogen-bond donors (Lipinski definition) is 2. The van der Waals surface area contributed by atoms with Crippen molar-refractivity contribution in [2.75, 3.05) is 13.2 Å². The Bertz CT molecular complexity index is 1440. The van der Waals surface area contributed by atoms with E-state index in [1.165, 1.54) is 17.2 Å². The van der Waals surface area contributed by atoms with Gasteiger partial charge in [0, 0.05) is 12.0 Å². The number of benzene rings is 3. The molecule has 3 aromatic carbocycles. The molecule has 0 amide bonds. The highest BCUT2D eigenvalue weighted by atomic mass is 16.7. The molecule has 1 fully saturated rings. The minimum absolute atomic E-state index is 0.179. The molecule has 0 radical (unpaired) electrons. The van der Waals surface area contributed by atoms with Crippen molar-refractivity contribution in [1.82, 2.24) is 0 Å². The maximum atomic E-state index is 11.9. The summed E-state index contributed by atoms with van der Waals surface area (Å²) in [6.45, 7) is 11.0. The molecule has 0 bridgehead atoms. The topological polar surface area (TPSA) is 93.1 Å². The largest absolute Gasteiger partial charge is 0.478 e. The third-order valence-corrected chi connectivity index (χ3v) is 7.56. The van der Waals surface area contributed by atoms with Gasteiger partial charge in [0.25, 0.3) is 0 Å². The fourth-order valence-corrected chi connectivity index (χ4v) is 5.51. The van der Waals surface area contributed by atoms with Crippen molar-refractivity contribution in [1.29, 1.82) is 0 Å². The summed E-state index contributed by atoms with van der Waals surface area (Å²) in [6.07, 6.45) is 6.49. The lowest BCUT2D eigenvalue weighted by atomic mass is 9.89. The number of carboxylic acids is 2. The molecule has 3 aromatic rings. The summed E-state index contributed by atoms with van der Waals surface area (Å²) in [5, 5.41) is 19.2. The molecule has 39 heavy (non-hydrogen) atoms. The van der Waals surface area contributed by atoms with Crippen molar-refractivity contribution < 1.29 is 29.3 Å². The number of rotatable bonds is 9. The Morgan fingerprint density at radius 2 is 1.59 bits per heavy atom. The lowest BCUT2D eigenvalue weighted by Crippen LogP contribution is -2.26. The quantitative estimate of drug-likeness (QED) is 0.281. The molecule has 1 heterocycles. The summed E-state index contributed by atoms with van der Waals surface area (Å²) in [5.74, 6) is -3.18. The molecule has 1 aliphatic heterocycles. The molecular formula is C33H36O6. The standard InChI is InChI=1S/C33H36O6/c1-6-8-24-19-25(33(7-2)38-15-16-39-33)12-14-27(24)28-18-23(10-9-20(28)3)11-13-26-21(4)17-29(31(34)35)30(22(26)5)32(36)37/h9-14,17-19H,6-8,15-16H2,1-5H3,(H,34,35)(H,36,37). The van der Waals surface area contributed by atoms with Crippen LogP contribution in [0.2, 0.25) is 0 Å². The molecule has 2 N–H and O–H groups in total. The Morgan fingerprint density at radius 3 is 2.21 bits per heavy atom. The molecule has 1 aliphatic rings. The molecule has 0 unspecified atom stereocenters. The van der Waals surface area contributed by atoms with E-state index in [-0.39, 0.29) is 11.1 Å². The zero-order chi connectivity index (χ0) is 28.3. The summed E-state index contributed by atoms with van der Waals surface area (Å²) < 4.78 is 12.1. The first-order chi connectivity index (χ1) is 18.6. The van der Waals surface area contributed by atoms with Crippen molar-refractivity contribution in [3.63, 3.8) is 0 Å². The van der Waals surface area contributed by atoms with Crippen LogP contribution in [0, 0.1) is 20.8 Å². The monoisotopic (exact) mass is 528 g/mol. The third kappa shape index (κ3) is 5.54. The maximum absolute atomic E-state index is 11.9. The van der Waals surface area contributed by atoms with Gasteiger partial charge in [0.05, 0.1) is 24.3 Å². The van der Waals surface area contributed by atoms with Crippen molar-refractivity contribution in [3.8, 4) is 11.1 Å². The third-order valence-electron chi connectivity index (χ3n) is 7.56. The second-order valence-electron chi connectivity index (χ2n) is 10.1. The molecule has 0 spiro atoms. The predicted molar refractivity (Wildman–Crippen MR) is 153 cm³/mol. The van der Waals surface area contributed by atoms with Gasteiger partial charge in [0.15, 0.2) is 5.79 Å². The van der Waals surface area contributed by atoms with E-state index in [1.54, 1.807) is 13.8 Å². The number of aryl methyl sites for hydroxylation is 3. The molecule has 0 aromatic heterocycles. The Balaban J connectivity index is 1.76. The number of carbonyl (C=O) groups is 2. The van der Waals surface area contributed by atoms with Crippen molar-refractivity contribution >= 4 is 24.1 Å².